The Kier molecular flexibility index (Phi) is 4.85. The quantitative estimate of drug-likeness (QED) is 0.609. The maximum atomic E-state index is 12.3. The molecule has 1 atom stereocenters. The standard InChI is InChI=1S/C15H18N2O6/c1-4-21-14(20)11-8-12(19)17(3)15(16-11,23-5-2)13-10(9-18)6-7-22-13/h6-9,16H,4-5H2,1-3H3. The van der Waals surface area contributed by atoms with Crippen molar-refractivity contribution in [3.8, 4) is 0 Å². The minimum absolute atomic E-state index is 0.0725. The van der Waals surface area contributed by atoms with Gasteiger partial charge in [0.25, 0.3) is 11.8 Å². The molecule has 1 aliphatic heterocycles. The second-order valence-corrected chi connectivity index (χ2v) is 4.70. The highest BCUT2D eigenvalue weighted by atomic mass is 16.6. The third kappa shape index (κ3) is 2.85. The number of nitrogens with one attached hydrogen (secondary N) is 1. The fourth-order valence-corrected chi connectivity index (χ4v) is 2.30. The first-order chi connectivity index (χ1) is 11.0. The molecule has 0 aliphatic carbocycles. The Morgan fingerprint density at radius 3 is 2.78 bits per heavy atom. The molecule has 2 rings (SSSR count). The number of aldehydes is 1. The maximum Gasteiger partial charge on any atom is 0.354 e. The smallest absolute Gasteiger partial charge is 0.354 e. The van der Waals surface area contributed by atoms with Crippen molar-refractivity contribution in [3.05, 3.63) is 35.4 Å². The number of ether oxygens (including phenoxy) is 2. The minimum Gasteiger partial charge on any atom is -0.461 e. The van der Waals surface area contributed by atoms with Gasteiger partial charge >= 0.3 is 5.97 Å². The lowest BCUT2D eigenvalue weighted by molar-refractivity contribution is -0.194. The summed E-state index contributed by atoms with van der Waals surface area (Å²) in [6.07, 6.45) is 3.00. The molecule has 0 spiro atoms. The Hall–Kier alpha value is -2.61. The topological polar surface area (TPSA) is 98.1 Å². The van der Waals surface area contributed by atoms with E-state index in [9.17, 15) is 14.4 Å². The van der Waals surface area contributed by atoms with Gasteiger partial charge in [-0.3, -0.25) is 14.5 Å². The largest absolute Gasteiger partial charge is 0.461 e. The Morgan fingerprint density at radius 2 is 2.17 bits per heavy atom. The Bertz CT molecular complexity index is 650. The normalized spacial score (nSPS) is 20.7. The van der Waals surface area contributed by atoms with Crippen LogP contribution < -0.4 is 5.32 Å². The summed E-state index contributed by atoms with van der Waals surface area (Å²) in [7, 11) is 1.47. The molecule has 0 aromatic carbocycles. The van der Waals surface area contributed by atoms with Crippen LogP contribution in [0, 0.1) is 0 Å². The minimum atomic E-state index is -1.61. The van der Waals surface area contributed by atoms with Crippen LogP contribution in [-0.2, 0) is 24.9 Å². The lowest BCUT2D eigenvalue weighted by atomic mass is 10.1. The summed E-state index contributed by atoms with van der Waals surface area (Å²) in [5, 5.41) is 2.83. The molecule has 1 aromatic heterocycles. The van der Waals surface area contributed by atoms with Crippen molar-refractivity contribution in [1.82, 2.24) is 10.2 Å². The van der Waals surface area contributed by atoms with Crippen LogP contribution in [0.4, 0.5) is 0 Å². The number of esters is 1. The third-order valence-corrected chi connectivity index (χ3v) is 3.35. The zero-order valence-electron chi connectivity index (χ0n) is 13.1. The number of amides is 1. The number of rotatable bonds is 6. The summed E-state index contributed by atoms with van der Waals surface area (Å²) >= 11 is 0. The van der Waals surface area contributed by atoms with Crippen LogP contribution in [0.25, 0.3) is 0 Å². The van der Waals surface area contributed by atoms with Gasteiger partial charge in [0.1, 0.15) is 5.70 Å². The molecule has 0 bridgehead atoms. The molecule has 0 saturated heterocycles. The van der Waals surface area contributed by atoms with Crippen molar-refractivity contribution in [2.24, 2.45) is 0 Å². The Balaban J connectivity index is 2.53. The van der Waals surface area contributed by atoms with E-state index in [1.165, 1.54) is 24.3 Å². The molecule has 0 saturated carbocycles. The van der Waals surface area contributed by atoms with E-state index in [0.717, 1.165) is 6.08 Å². The van der Waals surface area contributed by atoms with Gasteiger partial charge in [0, 0.05) is 19.7 Å². The maximum absolute atomic E-state index is 12.3. The molecule has 1 aliphatic rings. The van der Waals surface area contributed by atoms with Gasteiger partial charge in [-0.25, -0.2) is 4.79 Å². The van der Waals surface area contributed by atoms with Crippen LogP contribution in [0.2, 0.25) is 0 Å². The number of likely N-dealkylation sites (N-methyl/N-ethyl adjacent to an activating group) is 1. The van der Waals surface area contributed by atoms with Gasteiger partial charge in [0.15, 0.2) is 12.0 Å². The molecule has 2 heterocycles. The van der Waals surface area contributed by atoms with Gasteiger partial charge < -0.3 is 19.2 Å². The van der Waals surface area contributed by atoms with Gasteiger partial charge in [-0.15, -0.1) is 0 Å². The zero-order valence-corrected chi connectivity index (χ0v) is 13.1. The molecule has 8 heteroatoms. The summed E-state index contributed by atoms with van der Waals surface area (Å²) in [5.74, 6) is -2.71. The highest BCUT2D eigenvalue weighted by Gasteiger charge is 2.48. The van der Waals surface area contributed by atoms with Gasteiger partial charge in [0.05, 0.1) is 18.4 Å². The zero-order chi connectivity index (χ0) is 17.0. The van der Waals surface area contributed by atoms with E-state index < -0.39 is 17.7 Å². The first-order valence-electron chi connectivity index (χ1n) is 7.12. The number of carbonyl (C=O) groups excluding carboxylic acids is 3. The van der Waals surface area contributed by atoms with Crippen LogP contribution in [0.15, 0.2) is 28.5 Å². The monoisotopic (exact) mass is 322 g/mol. The van der Waals surface area contributed by atoms with Crippen LogP contribution >= 0.6 is 0 Å². The number of furan rings is 1. The van der Waals surface area contributed by atoms with Crippen molar-refractivity contribution in [3.63, 3.8) is 0 Å². The molecule has 1 aromatic rings. The van der Waals surface area contributed by atoms with Crippen LogP contribution in [0.5, 0.6) is 0 Å². The number of carbonyl (C=O) groups is 3. The van der Waals surface area contributed by atoms with Gasteiger partial charge in [-0.05, 0) is 19.9 Å². The highest BCUT2D eigenvalue weighted by Crippen LogP contribution is 2.33. The molecular weight excluding hydrogens is 304 g/mol. The number of nitrogens with zero attached hydrogens (tertiary/aromatic N) is 1. The van der Waals surface area contributed by atoms with Gasteiger partial charge in [-0.1, -0.05) is 0 Å². The summed E-state index contributed by atoms with van der Waals surface area (Å²) < 4.78 is 16.0. The molecule has 8 nitrogen and oxygen atoms in total. The van der Waals surface area contributed by atoms with E-state index in [2.05, 4.69) is 5.32 Å². The fraction of sp³-hybridized carbons (Fsp3) is 0.400. The molecule has 23 heavy (non-hydrogen) atoms. The predicted octanol–water partition coefficient (Wildman–Crippen LogP) is 0.748. The Morgan fingerprint density at radius 1 is 1.43 bits per heavy atom. The average molecular weight is 322 g/mol. The van der Waals surface area contributed by atoms with Crippen LogP contribution in [0.1, 0.15) is 30.0 Å². The van der Waals surface area contributed by atoms with Crippen molar-refractivity contribution < 1.29 is 28.3 Å². The van der Waals surface area contributed by atoms with Crippen molar-refractivity contribution >= 4 is 18.2 Å². The van der Waals surface area contributed by atoms with E-state index >= 15 is 0 Å². The lowest BCUT2D eigenvalue weighted by Gasteiger charge is -2.42. The summed E-state index contributed by atoms with van der Waals surface area (Å²) in [6.45, 7) is 3.72. The Labute approximate surface area is 133 Å². The average Bonchev–Trinajstić information content (AvgIpc) is 3.01. The van der Waals surface area contributed by atoms with Crippen molar-refractivity contribution in [2.45, 2.75) is 19.7 Å². The predicted molar refractivity (Wildman–Crippen MR) is 78.0 cm³/mol. The van der Waals surface area contributed by atoms with Crippen LogP contribution in [0.3, 0.4) is 0 Å². The summed E-state index contributed by atoms with van der Waals surface area (Å²) in [6, 6.07) is 1.45. The van der Waals surface area contributed by atoms with Gasteiger partial charge in [-0.2, -0.15) is 0 Å². The van der Waals surface area contributed by atoms with Crippen molar-refractivity contribution in [2.75, 3.05) is 20.3 Å². The molecule has 1 amide bonds. The second kappa shape index (κ2) is 6.66. The van der Waals surface area contributed by atoms with E-state index in [4.69, 9.17) is 13.9 Å². The molecule has 1 N–H and O–H groups in total. The third-order valence-electron chi connectivity index (χ3n) is 3.35. The van der Waals surface area contributed by atoms with E-state index in [1.807, 2.05) is 0 Å². The fourth-order valence-electron chi connectivity index (χ4n) is 2.30. The van der Waals surface area contributed by atoms with E-state index in [-0.39, 0.29) is 30.2 Å². The van der Waals surface area contributed by atoms with Crippen LogP contribution in [-0.4, -0.2) is 43.3 Å². The molecule has 0 fully saturated rings. The van der Waals surface area contributed by atoms with E-state index in [0.29, 0.717) is 6.29 Å². The molecule has 0 radical (unpaired) electrons. The molecular formula is C15H18N2O6. The molecule has 1 unspecified atom stereocenters. The summed E-state index contributed by atoms with van der Waals surface area (Å²) in [4.78, 5) is 36.7. The molecule has 124 valence electrons. The number of hydrogen-bond donors (Lipinski definition) is 1. The summed E-state index contributed by atoms with van der Waals surface area (Å²) in [5.41, 5.74) is 0.132. The second-order valence-electron chi connectivity index (χ2n) is 4.70. The van der Waals surface area contributed by atoms with Gasteiger partial charge in [0.2, 0.25) is 0 Å². The van der Waals surface area contributed by atoms with Crippen molar-refractivity contribution in [1.29, 1.82) is 0 Å². The highest BCUT2D eigenvalue weighted by molar-refractivity contribution is 5.99. The first-order valence-corrected chi connectivity index (χ1v) is 7.12. The first kappa shape index (κ1) is 16.8. The SMILES string of the molecule is CCOC(=O)C1=CC(=O)N(C)C(OCC)(c2occc2C=O)N1. The van der Waals surface area contributed by atoms with E-state index in [1.54, 1.807) is 13.8 Å². The number of hydrogen-bond acceptors (Lipinski definition) is 7. The lowest BCUT2D eigenvalue weighted by Crippen LogP contribution is -2.61.